The lowest BCUT2D eigenvalue weighted by Gasteiger charge is -2.12. The van der Waals surface area contributed by atoms with Gasteiger partial charge in [0.25, 0.3) is 6.43 Å². The normalized spacial score (nSPS) is 13.4. The van der Waals surface area contributed by atoms with Gasteiger partial charge in [-0.1, -0.05) is 0 Å². The van der Waals surface area contributed by atoms with Gasteiger partial charge in [0.2, 0.25) is 10.0 Å². The first-order chi connectivity index (χ1) is 9.58. The number of aliphatic hydroxyl groups is 1. The fourth-order valence-electron chi connectivity index (χ4n) is 1.30. The molecule has 1 atom stereocenters. The van der Waals surface area contributed by atoms with E-state index in [4.69, 9.17) is 10.2 Å². The van der Waals surface area contributed by atoms with Gasteiger partial charge in [0, 0.05) is 6.54 Å². The van der Waals surface area contributed by atoms with Crippen molar-refractivity contribution < 1.29 is 41.0 Å². The van der Waals surface area contributed by atoms with Gasteiger partial charge in [0.15, 0.2) is 5.82 Å². The Labute approximate surface area is 116 Å². The third-order valence-electron chi connectivity index (χ3n) is 2.33. The van der Waals surface area contributed by atoms with Crippen LogP contribution in [0.1, 0.15) is 10.4 Å². The standard InChI is InChI=1S/C10H9F4NO5S/c11-4-1-2-6(8(12)7(4)10(17)18)21(19,20)15-3-5(16)9(13)14/h1-2,5,9,15-16H,3H2,(H,17,18). The maximum absolute atomic E-state index is 13.7. The Morgan fingerprint density at radius 3 is 2.33 bits per heavy atom. The van der Waals surface area contributed by atoms with Gasteiger partial charge in [-0.25, -0.2) is 35.5 Å². The van der Waals surface area contributed by atoms with Gasteiger partial charge in [-0.15, -0.1) is 0 Å². The molecule has 0 amide bonds. The summed E-state index contributed by atoms with van der Waals surface area (Å²) in [6, 6.07) is 0.846. The third kappa shape index (κ3) is 3.89. The molecule has 21 heavy (non-hydrogen) atoms. The molecule has 0 fully saturated rings. The highest BCUT2D eigenvalue weighted by atomic mass is 32.2. The van der Waals surface area contributed by atoms with Crippen molar-refractivity contribution in [1.82, 2.24) is 4.72 Å². The topological polar surface area (TPSA) is 104 Å². The van der Waals surface area contributed by atoms with Crippen LogP contribution in [0.4, 0.5) is 17.6 Å². The molecule has 0 heterocycles. The Morgan fingerprint density at radius 2 is 1.86 bits per heavy atom. The average molecular weight is 331 g/mol. The molecule has 3 N–H and O–H groups in total. The molecule has 6 nitrogen and oxygen atoms in total. The Hall–Kier alpha value is -1.72. The van der Waals surface area contributed by atoms with Crippen LogP contribution in [0.15, 0.2) is 17.0 Å². The number of rotatable bonds is 6. The van der Waals surface area contributed by atoms with Crippen molar-refractivity contribution in [3.8, 4) is 0 Å². The highest BCUT2D eigenvalue weighted by molar-refractivity contribution is 7.89. The minimum absolute atomic E-state index is 0.407. The van der Waals surface area contributed by atoms with E-state index in [-0.39, 0.29) is 0 Å². The Balaban J connectivity index is 3.16. The zero-order chi connectivity index (χ0) is 16.4. The van der Waals surface area contributed by atoms with E-state index >= 15 is 0 Å². The number of carbonyl (C=O) groups is 1. The van der Waals surface area contributed by atoms with Gasteiger partial charge >= 0.3 is 5.97 Å². The van der Waals surface area contributed by atoms with E-state index in [1.54, 1.807) is 0 Å². The molecule has 0 radical (unpaired) electrons. The molecule has 0 aliphatic carbocycles. The molecule has 0 bridgehead atoms. The minimum atomic E-state index is -4.74. The molecule has 1 unspecified atom stereocenters. The molecule has 0 saturated heterocycles. The van der Waals surface area contributed by atoms with Crippen molar-refractivity contribution in [2.45, 2.75) is 17.4 Å². The summed E-state index contributed by atoms with van der Waals surface area (Å²) in [5, 5.41) is 17.4. The zero-order valence-electron chi connectivity index (χ0n) is 10.1. The van der Waals surface area contributed by atoms with E-state index in [0.717, 1.165) is 0 Å². The molecule has 0 saturated carbocycles. The second-order valence-corrected chi connectivity index (χ2v) is 5.53. The van der Waals surface area contributed by atoms with Crippen LogP contribution < -0.4 is 4.72 Å². The van der Waals surface area contributed by atoms with E-state index in [0.29, 0.717) is 12.1 Å². The molecule has 0 aromatic heterocycles. The summed E-state index contributed by atoms with van der Waals surface area (Å²) in [6.45, 7) is -1.13. The molecule has 1 aromatic carbocycles. The maximum Gasteiger partial charge on any atom is 0.341 e. The van der Waals surface area contributed by atoms with Crippen molar-refractivity contribution in [2.75, 3.05) is 6.54 Å². The summed E-state index contributed by atoms with van der Waals surface area (Å²) in [7, 11) is -4.74. The van der Waals surface area contributed by atoms with Crippen LogP contribution in [-0.2, 0) is 10.0 Å². The SMILES string of the molecule is O=C(O)c1c(F)ccc(S(=O)(=O)NCC(O)C(F)F)c1F. The van der Waals surface area contributed by atoms with E-state index in [1.165, 1.54) is 4.72 Å². The van der Waals surface area contributed by atoms with Crippen LogP contribution >= 0.6 is 0 Å². The van der Waals surface area contributed by atoms with Gasteiger partial charge in [-0.05, 0) is 12.1 Å². The van der Waals surface area contributed by atoms with Crippen LogP contribution in [-0.4, -0.2) is 43.7 Å². The number of aromatic carboxylic acids is 1. The molecule has 11 heteroatoms. The summed E-state index contributed by atoms with van der Waals surface area (Å²) in [6.07, 6.45) is -5.57. The van der Waals surface area contributed by atoms with Crippen molar-refractivity contribution in [1.29, 1.82) is 0 Å². The molecule has 1 rings (SSSR count). The number of aliphatic hydroxyl groups excluding tert-OH is 1. The minimum Gasteiger partial charge on any atom is -0.477 e. The number of benzene rings is 1. The zero-order valence-corrected chi connectivity index (χ0v) is 10.9. The van der Waals surface area contributed by atoms with E-state index in [2.05, 4.69) is 0 Å². The first kappa shape index (κ1) is 17.3. The summed E-state index contributed by atoms with van der Waals surface area (Å²) in [5.74, 6) is -5.40. The van der Waals surface area contributed by atoms with Crippen LogP contribution in [0.2, 0.25) is 0 Å². The van der Waals surface area contributed by atoms with E-state index in [9.17, 15) is 30.8 Å². The number of carboxylic acids is 1. The van der Waals surface area contributed by atoms with Gasteiger partial charge in [0.1, 0.15) is 22.4 Å². The number of nitrogens with one attached hydrogen (secondary N) is 1. The fourth-order valence-corrected chi connectivity index (χ4v) is 2.43. The number of hydrogen-bond donors (Lipinski definition) is 3. The second-order valence-electron chi connectivity index (χ2n) is 3.79. The summed E-state index contributed by atoms with van der Waals surface area (Å²) in [4.78, 5) is 9.41. The lowest BCUT2D eigenvalue weighted by Crippen LogP contribution is -2.36. The molecule has 1 aromatic rings. The van der Waals surface area contributed by atoms with Crippen molar-refractivity contribution in [3.05, 3.63) is 29.3 Å². The summed E-state index contributed by atoms with van der Waals surface area (Å²) < 4.78 is 75.6. The van der Waals surface area contributed by atoms with Gasteiger partial charge in [0.05, 0.1) is 0 Å². The van der Waals surface area contributed by atoms with Crippen LogP contribution in [0.25, 0.3) is 0 Å². The Bertz CT molecular complexity index is 649. The first-order valence-corrected chi connectivity index (χ1v) is 6.73. The quantitative estimate of drug-likeness (QED) is 0.661. The molecular formula is C10H9F4NO5S. The highest BCUT2D eigenvalue weighted by Gasteiger charge is 2.28. The number of hydrogen-bond acceptors (Lipinski definition) is 4. The number of carboxylic acid groups (broad SMARTS) is 1. The van der Waals surface area contributed by atoms with Gasteiger partial charge in [-0.2, -0.15) is 0 Å². The number of halogens is 4. The molecule has 0 aliphatic heterocycles. The van der Waals surface area contributed by atoms with Crippen LogP contribution in [0.3, 0.4) is 0 Å². The molecular weight excluding hydrogens is 322 g/mol. The Morgan fingerprint density at radius 1 is 1.29 bits per heavy atom. The number of alkyl halides is 2. The maximum atomic E-state index is 13.7. The van der Waals surface area contributed by atoms with Crippen molar-refractivity contribution >= 4 is 16.0 Å². The largest absolute Gasteiger partial charge is 0.477 e. The van der Waals surface area contributed by atoms with E-state index < -0.39 is 57.2 Å². The summed E-state index contributed by atoms with van der Waals surface area (Å²) in [5.41, 5.74) is -1.49. The molecule has 118 valence electrons. The first-order valence-electron chi connectivity index (χ1n) is 5.25. The smallest absolute Gasteiger partial charge is 0.341 e. The monoisotopic (exact) mass is 331 g/mol. The lowest BCUT2D eigenvalue weighted by molar-refractivity contribution is -0.000456. The van der Waals surface area contributed by atoms with Crippen LogP contribution in [0.5, 0.6) is 0 Å². The fraction of sp³-hybridized carbons (Fsp3) is 0.300. The predicted molar refractivity (Wildman–Crippen MR) is 60.5 cm³/mol. The predicted octanol–water partition coefficient (Wildman–Crippen LogP) is 0.567. The van der Waals surface area contributed by atoms with Gasteiger partial charge in [-0.3, -0.25) is 0 Å². The summed E-state index contributed by atoms with van der Waals surface area (Å²) >= 11 is 0. The Kier molecular flexibility index (Phi) is 5.25. The van der Waals surface area contributed by atoms with Gasteiger partial charge < -0.3 is 10.2 Å². The lowest BCUT2D eigenvalue weighted by atomic mass is 10.2. The molecule has 0 spiro atoms. The highest BCUT2D eigenvalue weighted by Crippen LogP contribution is 2.21. The molecule has 0 aliphatic rings. The van der Waals surface area contributed by atoms with Crippen molar-refractivity contribution in [3.63, 3.8) is 0 Å². The second kappa shape index (κ2) is 6.37. The number of sulfonamides is 1. The van der Waals surface area contributed by atoms with E-state index in [1.807, 2.05) is 0 Å². The van der Waals surface area contributed by atoms with Crippen molar-refractivity contribution in [2.24, 2.45) is 0 Å². The average Bonchev–Trinajstić information content (AvgIpc) is 2.35. The third-order valence-corrected chi connectivity index (χ3v) is 3.77. The van der Waals surface area contributed by atoms with Crippen LogP contribution in [0, 0.1) is 11.6 Å².